The Balaban J connectivity index is 1.59. The molecule has 0 radical (unpaired) electrons. The molecule has 4 rings (SSSR count). The fourth-order valence-electron chi connectivity index (χ4n) is 4.50. The van der Waals surface area contributed by atoms with E-state index in [1.807, 2.05) is 6.07 Å². The van der Waals surface area contributed by atoms with Crippen LogP contribution in [-0.2, 0) is 29.7 Å². The van der Waals surface area contributed by atoms with Crippen molar-refractivity contribution in [2.24, 2.45) is 0 Å². The van der Waals surface area contributed by atoms with Gasteiger partial charge in [-0.05, 0) is 56.6 Å². The Morgan fingerprint density at radius 2 is 1.72 bits per heavy atom. The largest absolute Gasteiger partial charge is 0.371 e. The summed E-state index contributed by atoms with van der Waals surface area (Å²) in [6.45, 7) is 6.66. The molecule has 1 fully saturated rings. The first kappa shape index (κ1) is 22.8. The molecule has 172 valence electrons. The first-order chi connectivity index (χ1) is 15.3. The number of hydrogen-bond acceptors (Lipinski definition) is 5. The summed E-state index contributed by atoms with van der Waals surface area (Å²) in [7, 11) is 1.72. The van der Waals surface area contributed by atoms with Crippen LogP contribution in [0.25, 0.3) is 11.0 Å². The number of para-hydroxylation sites is 1. The van der Waals surface area contributed by atoms with E-state index in [-0.39, 0.29) is 4.90 Å². The Morgan fingerprint density at radius 3 is 2.41 bits per heavy atom. The summed E-state index contributed by atoms with van der Waals surface area (Å²) in [5.74, 6) is 0.947. The van der Waals surface area contributed by atoms with Gasteiger partial charge in [-0.3, -0.25) is 4.90 Å². The average molecular weight is 456 g/mol. The minimum absolute atomic E-state index is 0.273. The highest BCUT2D eigenvalue weighted by atomic mass is 32.2. The van der Waals surface area contributed by atoms with Crippen molar-refractivity contribution in [2.45, 2.75) is 44.3 Å². The summed E-state index contributed by atoms with van der Waals surface area (Å²) < 4.78 is 28.5. The molecule has 2 aromatic carbocycles. The molecule has 3 aromatic rings. The van der Waals surface area contributed by atoms with Crippen molar-refractivity contribution in [3.8, 4) is 0 Å². The van der Waals surface area contributed by atoms with E-state index in [9.17, 15) is 8.42 Å². The monoisotopic (exact) mass is 455 g/mol. The summed E-state index contributed by atoms with van der Waals surface area (Å²) >= 11 is 0. The lowest BCUT2D eigenvalue weighted by atomic mass is 10.1. The van der Waals surface area contributed by atoms with Gasteiger partial charge in [0, 0.05) is 46.0 Å². The number of aryl methyl sites for hydroxylation is 1. The maximum Gasteiger partial charge on any atom is 0.242 e. The van der Waals surface area contributed by atoms with Gasteiger partial charge in [0.05, 0.1) is 22.5 Å². The molecule has 1 aliphatic heterocycles. The molecule has 1 aliphatic rings. The molecule has 7 nitrogen and oxygen atoms in total. The number of fused-ring (bicyclic) bond motifs is 1. The van der Waals surface area contributed by atoms with Crippen LogP contribution in [0, 0.1) is 0 Å². The van der Waals surface area contributed by atoms with Crippen LogP contribution in [0.2, 0.25) is 0 Å². The van der Waals surface area contributed by atoms with Crippen LogP contribution in [0.3, 0.4) is 0 Å². The fraction of sp³-hybridized carbons (Fsp3) is 0.458. The van der Waals surface area contributed by atoms with Gasteiger partial charge in [-0.1, -0.05) is 18.2 Å². The lowest BCUT2D eigenvalue weighted by molar-refractivity contribution is 0.306. The van der Waals surface area contributed by atoms with Gasteiger partial charge in [0.1, 0.15) is 5.82 Å². The van der Waals surface area contributed by atoms with Gasteiger partial charge in [0.25, 0.3) is 0 Å². The van der Waals surface area contributed by atoms with Gasteiger partial charge in [-0.2, -0.15) is 0 Å². The van der Waals surface area contributed by atoms with Crippen LogP contribution in [0.15, 0.2) is 47.4 Å². The van der Waals surface area contributed by atoms with Gasteiger partial charge >= 0.3 is 0 Å². The molecule has 0 N–H and O–H groups in total. The quantitative estimate of drug-likeness (QED) is 0.520. The highest BCUT2D eigenvalue weighted by Gasteiger charge is 2.20. The fourth-order valence-corrected chi connectivity index (χ4v) is 5.43. The molecule has 1 aromatic heterocycles. The average Bonchev–Trinajstić information content (AvgIpc) is 3.41. The zero-order chi connectivity index (χ0) is 22.9. The van der Waals surface area contributed by atoms with Crippen molar-refractivity contribution in [1.29, 1.82) is 0 Å². The topological polar surface area (TPSA) is 61.7 Å². The molecular formula is C24H33N5O2S. The lowest BCUT2D eigenvalue weighted by Gasteiger charge is -2.24. The third kappa shape index (κ3) is 4.40. The second kappa shape index (κ2) is 9.21. The predicted molar refractivity (Wildman–Crippen MR) is 129 cm³/mol. The first-order valence-electron chi connectivity index (χ1n) is 11.2. The number of rotatable bonds is 8. The van der Waals surface area contributed by atoms with Gasteiger partial charge in [-0.25, -0.2) is 17.7 Å². The van der Waals surface area contributed by atoms with Crippen LogP contribution in [0.1, 0.15) is 31.2 Å². The van der Waals surface area contributed by atoms with E-state index in [1.54, 1.807) is 26.2 Å². The molecule has 32 heavy (non-hydrogen) atoms. The smallest absolute Gasteiger partial charge is 0.242 e. The number of sulfonamides is 1. The molecule has 0 amide bonds. The molecular weight excluding hydrogens is 422 g/mol. The first-order valence-corrected chi connectivity index (χ1v) is 12.7. The summed E-state index contributed by atoms with van der Waals surface area (Å²) in [4.78, 5) is 9.86. The van der Waals surface area contributed by atoms with Gasteiger partial charge in [-0.15, -0.1) is 0 Å². The second-order valence-corrected chi connectivity index (χ2v) is 10.9. The Hall–Kier alpha value is -2.42. The van der Waals surface area contributed by atoms with Gasteiger partial charge < -0.3 is 9.47 Å². The molecule has 0 bridgehead atoms. The van der Waals surface area contributed by atoms with Gasteiger partial charge in [0.15, 0.2) is 0 Å². The zero-order valence-electron chi connectivity index (χ0n) is 19.5. The number of imidazole rings is 1. The van der Waals surface area contributed by atoms with Crippen LogP contribution < -0.4 is 4.90 Å². The molecule has 8 heteroatoms. The number of anilines is 1. The Kier molecular flexibility index (Phi) is 6.55. The lowest BCUT2D eigenvalue weighted by Crippen LogP contribution is -2.24. The molecule has 0 aliphatic carbocycles. The van der Waals surface area contributed by atoms with Crippen LogP contribution in [0.4, 0.5) is 5.69 Å². The van der Waals surface area contributed by atoms with E-state index in [1.165, 1.54) is 28.4 Å². The SMILES string of the molecule is CCn1c(CN(C)Cc2ccccc2N2CCCC2)nc2cc(S(=O)(=O)N(C)C)ccc21. The van der Waals surface area contributed by atoms with Crippen LogP contribution >= 0.6 is 0 Å². The molecule has 0 unspecified atom stereocenters. The minimum atomic E-state index is -3.49. The van der Waals surface area contributed by atoms with Crippen LogP contribution in [0.5, 0.6) is 0 Å². The number of benzene rings is 2. The summed E-state index contributed by atoms with van der Waals surface area (Å²) in [6, 6.07) is 13.9. The number of aromatic nitrogens is 2. The third-order valence-electron chi connectivity index (χ3n) is 6.18. The van der Waals surface area contributed by atoms with E-state index >= 15 is 0 Å². The molecule has 0 spiro atoms. The third-order valence-corrected chi connectivity index (χ3v) is 7.99. The molecule has 1 saturated heterocycles. The van der Waals surface area contributed by atoms with E-state index in [0.29, 0.717) is 6.54 Å². The maximum absolute atomic E-state index is 12.5. The van der Waals surface area contributed by atoms with Gasteiger partial charge in [0.2, 0.25) is 10.0 Å². The Morgan fingerprint density at radius 1 is 1.00 bits per heavy atom. The van der Waals surface area contributed by atoms with E-state index < -0.39 is 10.0 Å². The van der Waals surface area contributed by atoms with Crippen molar-refractivity contribution >= 4 is 26.7 Å². The van der Waals surface area contributed by atoms with Crippen molar-refractivity contribution in [1.82, 2.24) is 18.8 Å². The van der Waals surface area contributed by atoms with Crippen molar-refractivity contribution < 1.29 is 8.42 Å². The number of nitrogens with zero attached hydrogens (tertiary/aromatic N) is 5. The summed E-state index contributed by atoms with van der Waals surface area (Å²) in [6.07, 6.45) is 2.52. The van der Waals surface area contributed by atoms with E-state index in [2.05, 4.69) is 52.6 Å². The maximum atomic E-state index is 12.5. The summed E-state index contributed by atoms with van der Waals surface area (Å²) in [5.41, 5.74) is 4.34. The highest BCUT2D eigenvalue weighted by molar-refractivity contribution is 7.89. The minimum Gasteiger partial charge on any atom is -0.371 e. The number of hydrogen-bond donors (Lipinski definition) is 0. The normalized spacial score (nSPS) is 14.9. The van der Waals surface area contributed by atoms with E-state index in [0.717, 1.165) is 43.0 Å². The molecule has 2 heterocycles. The Labute approximate surface area is 191 Å². The van der Waals surface area contributed by atoms with E-state index in [4.69, 9.17) is 4.98 Å². The van der Waals surface area contributed by atoms with Crippen molar-refractivity contribution in [2.75, 3.05) is 39.1 Å². The molecule has 0 atom stereocenters. The highest BCUT2D eigenvalue weighted by Crippen LogP contribution is 2.27. The standard InChI is InChI=1S/C24H33N5O2S/c1-5-29-23-13-12-20(32(30,31)26(2)3)16-21(23)25-24(29)18-27(4)17-19-10-6-7-11-22(19)28-14-8-9-15-28/h6-7,10-13,16H,5,8-9,14-15,17-18H2,1-4H3. The predicted octanol–water partition coefficient (Wildman–Crippen LogP) is 3.54. The zero-order valence-corrected chi connectivity index (χ0v) is 20.3. The van der Waals surface area contributed by atoms with Crippen molar-refractivity contribution in [3.05, 3.63) is 53.9 Å². The summed E-state index contributed by atoms with van der Waals surface area (Å²) in [5, 5.41) is 0. The van der Waals surface area contributed by atoms with Crippen molar-refractivity contribution in [3.63, 3.8) is 0 Å². The Bertz CT molecular complexity index is 1200. The second-order valence-electron chi connectivity index (χ2n) is 8.71. The van der Waals surface area contributed by atoms with Crippen LogP contribution in [-0.4, -0.2) is 61.4 Å². The molecule has 0 saturated carbocycles.